The highest BCUT2D eigenvalue weighted by atomic mass is 16.4. The number of carbonyl (C=O) groups is 6. The third kappa shape index (κ3) is 10.4. The molecular formula is C35H46N6O7. The van der Waals surface area contributed by atoms with Gasteiger partial charge in [0.25, 0.3) is 0 Å². The summed E-state index contributed by atoms with van der Waals surface area (Å²) in [5.74, 6) is -5.12. The fourth-order valence-electron chi connectivity index (χ4n) is 5.35. The first-order valence-corrected chi connectivity index (χ1v) is 16.1. The van der Waals surface area contributed by atoms with Crippen LogP contribution in [0.4, 0.5) is 0 Å². The van der Waals surface area contributed by atoms with Crippen molar-refractivity contribution in [2.24, 2.45) is 11.7 Å². The number of carbonyl (C=O) groups excluding carboxylic acids is 5. The van der Waals surface area contributed by atoms with E-state index in [1.54, 1.807) is 50.4 Å². The summed E-state index contributed by atoms with van der Waals surface area (Å²) in [7, 11) is 1.45. The average molecular weight is 663 g/mol. The fourth-order valence-corrected chi connectivity index (χ4v) is 5.35. The minimum atomic E-state index is -1.57. The number of nitrogens with zero attached hydrogens (tertiary/aromatic N) is 1. The number of amides is 5. The Morgan fingerprint density at radius 1 is 0.833 bits per heavy atom. The van der Waals surface area contributed by atoms with E-state index < -0.39 is 66.1 Å². The van der Waals surface area contributed by atoms with Gasteiger partial charge in [0.1, 0.15) is 24.2 Å². The molecule has 3 rings (SSSR count). The molecule has 0 fully saturated rings. The van der Waals surface area contributed by atoms with Gasteiger partial charge in [0.05, 0.1) is 6.42 Å². The van der Waals surface area contributed by atoms with Crippen LogP contribution < -0.4 is 21.7 Å². The number of carboxylic acid groups (broad SMARTS) is 1. The van der Waals surface area contributed by atoms with Gasteiger partial charge < -0.3 is 36.7 Å². The Hall–Kier alpha value is -5.20. The molecule has 1 heterocycles. The predicted octanol–water partition coefficient (Wildman–Crippen LogP) is 2.04. The number of nitrogens with one attached hydrogen (secondary N) is 4. The SMILES string of the molecule is CCCC[C@@H](C(=O)N[C@@H](CC(=O)O)C(=O)N[C@@H](Cc1ccccc1)C(N)=O)N(C)C(=O)[C@H](Cc1c[nH]c2ccccc12)NC(=O)C(C)C. The van der Waals surface area contributed by atoms with Crippen LogP contribution in [0.2, 0.25) is 0 Å². The summed E-state index contributed by atoms with van der Waals surface area (Å²) in [6.45, 7) is 5.33. The van der Waals surface area contributed by atoms with Crippen LogP contribution in [0, 0.1) is 5.92 Å². The zero-order valence-corrected chi connectivity index (χ0v) is 27.8. The number of aromatic amines is 1. The number of para-hydroxylation sites is 1. The molecule has 0 saturated carbocycles. The molecular weight excluding hydrogens is 616 g/mol. The number of primary amides is 1. The van der Waals surface area contributed by atoms with Crippen LogP contribution in [0.5, 0.6) is 0 Å². The molecule has 7 N–H and O–H groups in total. The molecule has 13 heteroatoms. The second-order valence-electron chi connectivity index (χ2n) is 12.2. The molecule has 0 bridgehead atoms. The molecule has 1 aromatic heterocycles. The molecule has 2 aromatic carbocycles. The van der Waals surface area contributed by atoms with Crippen molar-refractivity contribution < 1.29 is 33.9 Å². The molecule has 4 atom stereocenters. The van der Waals surface area contributed by atoms with Crippen molar-refractivity contribution in [1.82, 2.24) is 25.8 Å². The highest BCUT2D eigenvalue weighted by molar-refractivity contribution is 5.97. The van der Waals surface area contributed by atoms with E-state index in [9.17, 15) is 33.9 Å². The molecule has 0 unspecified atom stereocenters. The van der Waals surface area contributed by atoms with Crippen molar-refractivity contribution in [3.8, 4) is 0 Å². The molecule has 3 aromatic rings. The summed E-state index contributed by atoms with van der Waals surface area (Å²) in [5, 5.41) is 18.3. The first kappa shape index (κ1) is 37.3. The number of aromatic nitrogens is 1. The van der Waals surface area contributed by atoms with Gasteiger partial charge >= 0.3 is 5.97 Å². The van der Waals surface area contributed by atoms with E-state index in [4.69, 9.17) is 5.73 Å². The molecule has 0 spiro atoms. The third-order valence-electron chi connectivity index (χ3n) is 8.14. The molecule has 0 aliphatic heterocycles. The average Bonchev–Trinajstić information content (AvgIpc) is 3.46. The van der Waals surface area contributed by atoms with E-state index in [0.29, 0.717) is 18.4 Å². The van der Waals surface area contributed by atoms with Gasteiger partial charge in [-0.3, -0.25) is 28.8 Å². The van der Waals surface area contributed by atoms with Gasteiger partial charge in [0.15, 0.2) is 0 Å². The van der Waals surface area contributed by atoms with Crippen molar-refractivity contribution in [2.75, 3.05) is 7.05 Å². The topological polar surface area (TPSA) is 204 Å². The number of carboxylic acids is 1. The standard InChI is InChI=1S/C35H46N6O7/c1-5-6-16-29(34(47)39-27(19-30(42)43)33(46)38-26(31(36)44)17-22-12-8-7-9-13-22)41(4)35(48)28(40-32(45)21(2)3)18-23-20-37-25-15-11-10-14-24(23)25/h7-15,20-21,26-29,37H,5-6,16-19H2,1-4H3,(H2,36,44)(H,38,46)(H,39,47)(H,40,45)(H,42,43)/t26-,27-,28-,29-/m0/s1. The molecule has 0 saturated heterocycles. The van der Waals surface area contributed by atoms with Crippen LogP contribution in [0.25, 0.3) is 10.9 Å². The highest BCUT2D eigenvalue weighted by Crippen LogP contribution is 2.21. The number of aliphatic carboxylic acids is 1. The molecule has 258 valence electrons. The number of hydrogen-bond donors (Lipinski definition) is 6. The number of fused-ring (bicyclic) bond motifs is 1. The van der Waals surface area contributed by atoms with Gasteiger partial charge in [-0.25, -0.2) is 0 Å². The maximum atomic E-state index is 14.1. The zero-order valence-electron chi connectivity index (χ0n) is 27.8. The second-order valence-corrected chi connectivity index (χ2v) is 12.2. The van der Waals surface area contributed by atoms with Crippen LogP contribution in [0.15, 0.2) is 60.8 Å². The summed E-state index contributed by atoms with van der Waals surface area (Å²) in [6.07, 6.45) is 2.65. The Balaban J connectivity index is 1.85. The normalized spacial score (nSPS) is 13.6. The van der Waals surface area contributed by atoms with E-state index in [0.717, 1.165) is 16.5 Å². The highest BCUT2D eigenvalue weighted by Gasteiger charge is 2.35. The van der Waals surface area contributed by atoms with Crippen LogP contribution >= 0.6 is 0 Å². The van der Waals surface area contributed by atoms with Crippen LogP contribution in [-0.4, -0.2) is 81.7 Å². The van der Waals surface area contributed by atoms with E-state index in [1.807, 2.05) is 31.2 Å². The number of rotatable bonds is 18. The quantitative estimate of drug-likeness (QED) is 0.120. The van der Waals surface area contributed by atoms with Crippen molar-refractivity contribution in [2.45, 2.75) is 83.5 Å². The lowest BCUT2D eigenvalue weighted by Crippen LogP contribution is -2.59. The predicted molar refractivity (Wildman–Crippen MR) is 180 cm³/mol. The van der Waals surface area contributed by atoms with Crippen LogP contribution in [-0.2, 0) is 41.6 Å². The van der Waals surface area contributed by atoms with Crippen molar-refractivity contribution in [1.29, 1.82) is 0 Å². The summed E-state index contributed by atoms with van der Waals surface area (Å²) in [5.41, 5.74) is 7.92. The number of unbranched alkanes of at least 4 members (excludes halogenated alkanes) is 1. The lowest BCUT2D eigenvalue weighted by atomic mass is 10.0. The maximum absolute atomic E-state index is 14.1. The monoisotopic (exact) mass is 662 g/mol. The van der Waals surface area contributed by atoms with E-state index in [2.05, 4.69) is 20.9 Å². The largest absolute Gasteiger partial charge is 0.481 e. The first-order chi connectivity index (χ1) is 22.8. The van der Waals surface area contributed by atoms with Gasteiger partial charge in [0.2, 0.25) is 29.5 Å². The van der Waals surface area contributed by atoms with Gasteiger partial charge in [-0.05, 0) is 23.6 Å². The Kier molecular flexibility index (Phi) is 13.7. The minimum Gasteiger partial charge on any atom is -0.481 e. The Morgan fingerprint density at radius 2 is 1.46 bits per heavy atom. The smallest absolute Gasteiger partial charge is 0.305 e. The molecule has 13 nitrogen and oxygen atoms in total. The number of nitrogens with two attached hydrogens (primary N) is 1. The third-order valence-corrected chi connectivity index (χ3v) is 8.14. The van der Waals surface area contributed by atoms with E-state index in [1.165, 1.54) is 11.9 Å². The summed E-state index contributed by atoms with van der Waals surface area (Å²) < 4.78 is 0. The van der Waals surface area contributed by atoms with Gasteiger partial charge in [-0.2, -0.15) is 0 Å². The second kappa shape index (κ2) is 17.6. The number of likely N-dealkylation sites (N-methyl/N-ethyl adjacent to an activating group) is 1. The lowest BCUT2D eigenvalue weighted by Gasteiger charge is -2.32. The summed E-state index contributed by atoms with van der Waals surface area (Å²) in [6, 6.07) is 11.5. The Bertz CT molecular complexity index is 1590. The Morgan fingerprint density at radius 3 is 2.08 bits per heavy atom. The van der Waals surface area contributed by atoms with Gasteiger partial charge in [-0.1, -0.05) is 82.1 Å². The molecule has 0 radical (unpaired) electrons. The fraction of sp³-hybridized carbons (Fsp3) is 0.429. The minimum absolute atomic E-state index is 0.0614. The number of hydrogen-bond acceptors (Lipinski definition) is 6. The van der Waals surface area contributed by atoms with Crippen molar-refractivity contribution in [3.05, 3.63) is 71.9 Å². The van der Waals surface area contributed by atoms with Gasteiger partial charge in [-0.15, -0.1) is 0 Å². The van der Waals surface area contributed by atoms with E-state index >= 15 is 0 Å². The Labute approximate surface area is 280 Å². The lowest BCUT2D eigenvalue weighted by molar-refractivity contribution is -0.144. The molecule has 48 heavy (non-hydrogen) atoms. The molecule has 0 aliphatic rings. The molecule has 0 aliphatic carbocycles. The zero-order chi connectivity index (χ0) is 35.4. The first-order valence-electron chi connectivity index (χ1n) is 16.1. The van der Waals surface area contributed by atoms with E-state index in [-0.39, 0.29) is 25.2 Å². The van der Waals surface area contributed by atoms with Crippen LogP contribution in [0.1, 0.15) is 57.6 Å². The van der Waals surface area contributed by atoms with Crippen LogP contribution in [0.3, 0.4) is 0 Å². The van der Waals surface area contributed by atoms with Crippen molar-refractivity contribution in [3.63, 3.8) is 0 Å². The summed E-state index contributed by atoms with van der Waals surface area (Å²) in [4.78, 5) is 82.3. The molecule has 5 amide bonds. The maximum Gasteiger partial charge on any atom is 0.305 e. The number of benzene rings is 2. The summed E-state index contributed by atoms with van der Waals surface area (Å²) >= 11 is 0. The van der Waals surface area contributed by atoms with Gasteiger partial charge in [0, 0.05) is 42.9 Å². The number of H-pyrrole nitrogens is 1. The van der Waals surface area contributed by atoms with Crippen molar-refractivity contribution >= 4 is 46.4 Å².